The number of fused-ring (bicyclic) bond motifs is 1. The lowest BCUT2D eigenvalue weighted by molar-refractivity contribution is -0.122. The van der Waals surface area contributed by atoms with Gasteiger partial charge in [-0.1, -0.05) is 73.3 Å². The molecule has 5 heteroatoms. The van der Waals surface area contributed by atoms with E-state index in [0.29, 0.717) is 51.7 Å². The van der Waals surface area contributed by atoms with Crippen LogP contribution in [0.1, 0.15) is 53.8 Å². The first kappa shape index (κ1) is 20.8. The van der Waals surface area contributed by atoms with Crippen molar-refractivity contribution < 1.29 is 12.3 Å². The van der Waals surface area contributed by atoms with Crippen LogP contribution in [0.4, 0.5) is 5.69 Å². The minimum Gasteiger partial charge on any atom is -0.329 e. The fraction of sp³-hybridized carbons (Fsp3) is 0.212. The lowest BCUT2D eigenvalue weighted by Crippen LogP contribution is -2.51. The van der Waals surface area contributed by atoms with E-state index in [1.807, 2.05) is 30.3 Å². The van der Waals surface area contributed by atoms with Crippen LogP contribution in [-0.4, -0.2) is 22.8 Å². The molecule has 3 aliphatic rings. The van der Waals surface area contributed by atoms with E-state index in [-0.39, 0.29) is 11.8 Å². The summed E-state index contributed by atoms with van der Waals surface area (Å²) < 4.78 is 18.3. The molecule has 0 aliphatic carbocycles. The van der Waals surface area contributed by atoms with E-state index >= 15 is 0 Å². The molecule has 3 aliphatic heterocycles. The van der Waals surface area contributed by atoms with Crippen molar-refractivity contribution in [1.29, 1.82) is 0 Å². The van der Waals surface area contributed by atoms with E-state index in [1.54, 1.807) is 29.2 Å². The number of nitrogens with one attached hydrogen (secondary N) is 1. The Morgan fingerprint density at radius 3 is 2.37 bits per heavy atom. The van der Waals surface area contributed by atoms with E-state index < -0.39 is 12.4 Å². The summed E-state index contributed by atoms with van der Waals surface area (Å²) in [6, 6.07) is 24.7. The maximum absolute atomic E-state index is 13.5. The summed E-state index contributed by atoms with van der Waals surface area (Å²) in [5.41, 5.74) is 6.77. The Balaban J connectivity index is 1.19. The predicted octanol–water partition coefficient (Wildman–Crippen LogP) is 5.70. The van der Waals surface area contributed by atoms with Gasteiger partial charge in [-0.05, 0) is 64.6 Å². The second-order valence-electron chi connectivity index (χ2n) is 10.4. The summed E-state index contributed by atoms with van der Waals surface area (Å²) in [7, 11) is 0. The standard InChI is InChI=1S/C33H29N3O2/c1-21-9-15-30(32(37)34-21)36-29-16-14-24(27-7-4-8-28(31(27)29)33(36)38)17-22-10-12-23(13-11-22)18-35-19-25-5-2-3-6-26(25)20-35/h2-8,10-14,16,30H,1,9,15,17-20H2,(H,34,37)/i17D2. The number of hydrogen-bond acceptors (Lipinski definition) is 3. The molecule has 1 unspecified atom stereocenters. The van der Waals surface area contributed by atoms with Gasteiger partial charge < -0.3 is 5.32 Å². The number of nitrogens with zero attached hydrogens (tertiary/aromatic N) is 2. The van der Waals surface area contributed by atoms with Crippen molar-refractivity contribution >= 4 is 28.3 Å². The lowest BCUT2D eigenvalue weighted by Gasteiger charge is -2.31. The third kappa shape index (κ3) is 3.82. The van der Waals surface area contributed by atoms with Gasteiger partial charge in [0.05, 0.1) is 5.69 Å². The Bertz CT molecular complexity index is 1690. The highest BCUT2D eigenvalue weighted by Gasteiger charge is 2.40. The second kappa shape index (κ2) is 8.96. The number of anilines is 1. The molecule has 4 aromatic rings. The van der Waals surface area contributed by atoms with E-state index in [1.165, 1.54) is 11.1 Å². The number of amides is 2. The Labute approximate surface area is 225 Å². The summed E-state index contributed by atoms with van der Waals surface area (Å²) in [6.45, 7) is 6.50. The highest BCUT2D eigenvalue weighted by molar-refractivity contribution is 6.27. The highest BCUT2D eigenvalue weighted by Crippen LogP contribution is 2.41. The topological polar surface area (TPSA) is 52.7 Å². The average molecular weight is 502 g/mol. The number of carbonyl (C=O) groups excluding carboxylic acids is 2. The Hall–Kier alpha value is -4.22. The summed E-state index contributed by atoms with van der Waals surface area (Å²) in [5.74, 6) is -0.456. The molecule has 1 fully saturated rings. The molecule has 0 saturated carbocycles. The van der Waals surface area contributed by atoms with Gasteiger partial charge in [0.15, 0.2) is 0 Å². The summed E-state index contributed by atoms with van der Waals surface area (Å²) >= 11 is 0. The van der Waals surface area contributed by atoms with Crippen molar-refractivity contribution in [2.24, 2.45) is 0 Å². The molecule has 0 aromatic heterocycles. The number of carbonyl (C=O) groups is 2. The van der Waals surface area contributed by atoms with Gasteiger partial charge in [0.1, 0.15) is 6.04 Å². The Morgan fingerprint density at radius 1 is 0.895 bits per heavy atom. The molecule has 1 atom stereocenters. The fourth-order valence-corrected chi connectivity index (χ4v) is 6.06. The maximum Gasteiger partial charge on any atom is 0.259 e. The summed E-state index contributed by atoms with van der Waals surface area (Å²) in [5, 5.41) is 4.18. The molecule has 0 radical (unpaired) electrons. The van der Waals surface area contributed by atoms with Crippen molar-refractivity contribution in [3.8, 4) is 0 Å². The zero-order chi connectivity index (χ0) is 27.6. The third-order valence-corrected chi connectivity index (χ3v) is 7.91. The average Bonchev–Trinajstić information content (AvgIpc) is 3.48. The first-order chi connectivity index (χ1) is 19.3. The molecule has 1 saturated heterocycles. The van der Waals surface area contributed by atoms with Crippen molar-refractivity contribution in [2.45, 2.75) is 44.9 Å². The van der Waals surface area contributed by atoms with Crippen molar-refractivity contribution in [3.63, 3.8) is 0 Å². The summed E-state index contributed by atoms with van der Waals surface area (Å²) in [4.78, 5) is 30.3. The maximum atomic E-state index is 13.5. The first-order valence-electron chi connectivity index (χ1n) is 14.1. The van der Waals surface area contributed by atoms with Crippen LogP contribution in [0.3, 0.4) is 0 Å². The van der Waals surface area contributed by atoms with E-state index in [9.17, 15) is 9.59 Å². The number of hydrogen-bond donors (Lipinski definition) is 1. The lowest BCUT2D eigenvalue weighted by atomic mass is 9.95. The molecule has 5 nitrogen and oxygen atoms in total. The largest absolute Gasteiger partial charge is 0.329 e. The van der Waals surface area contributed by atoms with Gasteiger partial charge in [-0.2, -0.15) is 0 Å². The zero-order valence-corrected chi connectivity index (χ0v) is 21.0. The van der Waals surface area contributed by atoms with Crippen LogP contribution in [-0.2, 0) is 30.8 Å². The van der Waals surface area contributed by atoms with E-state index in [2.05, 4.69) is 41.1 Å². The Kier molecular flexibility index (Phi) is 4.90. The van der Waals surface area contributed by atoms with Crippen LogP contribution in [0.2, 0.25) is 0 Å². The normalized spacial score (nSPS) is 19.9. The van der Waals surface area contributed by atoms with Gasteiger partial charge in [0, 0.05) is 39.0 Å². The van der Waals surface area contributed by atoms with E-state index in [4.69, 9.17) is 2.74 Å². The van der Waals surface area contributed by atoms with Gasteiger partial charge in [-0.3, -0.25) is 19.4 Å². The molecule has 38 heavy (non-hydrogen) atoms. The van der Waals surface area contributed by atoms with Crippen molar-refractivity contribution in [1.82, 2.24) is 10.2 Å². The second-order valence-corrected chi connectivity index (χ2v) is 10.4. The molecular formula is C33H29N3O2. The van der Waals surface area contributed by atoms with Crippen LogP contribution in [0.15, 0.2) is 91.1 Å². The molecule has 3 heterocycles. The molecule has 0 spiro atoms. The van der Waals surface area contributed by atoms with E-state index in [0.717, 1.165) is 25.2 Å². The monoisotopic (exact) mass is 501 g/mol. The minimum absolute atomic E-state index is 0.223. The number of piperidine rings is 1. The smallest absolute Gasteiger partial charge is 0.259 e. The number of benzene rings is 4. The molecule has 4 aromatic carbocycles. The van der Waals surface area contributed by atoms with Crippen LogP contribution >= 0.6 is 0 Å². The van der Waals surface area contributed by atoms with Crippen LogP contribution in [0.5, 0.6) is 0 Å². The molecule has 0 bridgehead atoms. The van der Waals surface area contributed by atoms with Gasteiger partial charge in [0.25, 0.3) is 5.91 Å². The van der Waals surface area contributed by atoms with Gasteiger partial charge in [-0.25, -0.2) is 0 Å². The highest BCUT2D eigenvalue weighted by atomic mass is 16.2. The van der Waals surface area contributed by atoms with Gasteiger partial charge >= 0.3 is 0 Å². The van der Waals surface area contributed by atoms with Crippen LogP contribution in [0, 0.1) is 0 Å². The van der Waals surface area contributed by atoms with Crippen molar-refractivity contribution in [2.75, 3.05) is 4.90 Å². The molecule has 188 valence electrons. The molecule has 1 N–H and O–H groups in total. The quantitative estimate of drug-likeness (QED) is 0.382. The molecule has 2 amide bonds. The van der Waals surface area contributed by atoms with Gasteiger partial charge in [0.2, 0.25) is 5.91 Å². The van der Waals surface area contributed by atoms with Crippen LogP contribution in [0.25, 0.3) is 10.8 Å². The predicted molar refractivity (Wildman–Crippen MR) is 150 cm³/mol. The van der Waals surface area contributed by atoms with Gasteiger partial charge in [-0.15, -0.1) is 0 Å². The first-order valence-corrected chi connectivity index (χ1v) is 13.1. The number of rotatable bonds is 5. The Morgan fingerprint density at radius 2 is 1.63 bits per heavy atom. The summed E-state index contributed by atoms with van der Waals surface area (Å²) in [6.07, 6.45) is -0.665. The minimum atomic E-state index is -1.78. The number of allylic oxidation sites excluding steroid dienone is 1. The molecule has 7 rings (SSSR count). The fourth-order valence-electron chi connectivity index (χ4n) is 6.06. The zero-order valence-electron chi connectivity index (χ0n) is 23.0. The third-order valence-electron chi connectivity index (χ3n) is 7.91. The van der Waals surface area contributed by atoms with Crippen LogP contribution < -0.4 is 10.2 Å². The SMILES string of the molecule is [2H]C([2H])(c1ccc(CN2Cc3ccccc3C2)cc1)c1ccc2c3c(cccc13)C(=O)N2C1CCC(=C)NC1=O. The van der Waals surface area contributed by atoms with Crippen molar-refractivity contribution in [3.05, 3.63) is 125 Å². The molecular weight excluding hydrogens is 470 g/mol.